The highest BCUT2D eigenvalue weighted by molar-refractivity contribution is 5.84. The summed E-state index contributed by atoms with van der Waals surface area (Å²) in [5, 5.41) is 15.2. The van der Waals surface area contributed by atoms with Crippen LogP contribution in [0.4, 0.5) is 10.5 Å². The fraction of sp³-hybridized carbons (Fsp3) is 0.259. The number of nitrogens with zero attached hydrogens (tertiary/aromatic N) is 4. The maximum atomic E-state index is 12.4. The van der Waals surface area contributed by atoms with E-state index in [9.17, 15) is 4.79 Å². The zero-order valence-corrected chi connectivity index (χ0v) is 19.7. The molecule has 1 N–H and O–H groups in total. The number of aromatic nitrogens is 4. The molecule has 4 aromatic rings. The highest BCUT2D eigenvalue weighted by Crippen LogP contribution is 2.37. The number of hydrogen-bond donors (Lipinski definition) is 1. The van der Waals surface area contributed by atoms with Gasteiger partial charge < -0.3 is 14.2 Å². The van der Waals surface area contributed by atoms with E-state index in [1.807, 2.05) is 61.5 Å². The molecule has 36 heavy (non-hydrogen) atoms. The van der Waals surface area contributed by atoms with Crippen LogP contribution in [0, 0.1) is 6.92 Å². The van der Waals surface area contributed by atoms with Gasteiger partial charge in [-0.25, -0.2) is 9.48 Å². The molecule has 0 bridgehead atoms. The first-order chi connectivity index (χ1) is 17.7. The van der Waals surface area contributed by atoms with Gasteiger partial charge in [0.15, 0.2) is 11.9 Å². The lowest BCUT2D eigenvalue weighted by molar-refractivity contribution is 0.00774. The number of tetrazole rings is 1. The molecular formula is C27H25N5O4. The van der Waals surface area contributed by atoms with Crippen LogP contribution in [0.2, 0.25) is 0 Å². The highest BCUT2D eigenvalue weighted by atomic mass is 16.6. The number of anilines is 1. The molecule has 3 aromatic carbocycles. The number of carbonyl (C=O) groups excluding carboxylic acids is 1. The van der Waals surface area contributed by atoms with Gasteiger partial charge in [-0.3, -0.25) is 5.32 Å². The van der Waals surface area contributed by atoms with E-state index in [-0.39, 0.29) is 18.8 Å². The molecule has 9 heteroatoms. The Morgan fingerprint density at radius 1 is 0.889 bits per heavy atom. The van der Waals surface area contributed by atoms with Gasteiger partial charge in [-0.1, -0.05) is 72.3 Å². The fourth-order valence-corrected chi connectivity index (χ4v) is 4.73. The third-order valence-electron chi connectivity index (χ3n) is 6.60. The Kier molecular flexibility index (Phi) is 5.92. The zero-order chi connectivity index (χ0) is 24.5. The Balaban J connectivity index is 1.14. The number of nitrogens with one attached hydrogen (secondary N) is 1. The van der Waals surface area contributed by atoms with Crippen molar-refractivity contribution < 1.29 is 19.0 Å². The minimum absolute atomic E-state index is 0.234. The van der Waals surface area contributed by atoms with Gasteiger partial charge in [0, 0.05) is 11.3 Å². The summed E-state index contributed by atoms with van der Waals surface area (Å²) < 4.78 is 19.4. The summed E-state index contributed by atoms with van der Waals surface area (Å²) in [7, 11) is 0. The monoisotopic (exact) mass is 483 g/mol. The maximum Gasteiger partial charge on any atom is 0.412 e. The van der Waals surface area contributed by atoms with E-state index in [1.54, 1.807) is 4.68 Å². The molecule has 0 saturated carbocycles. The molecular weight excluding hydrogens is 458 g/mol. The molecule has 0 unspecified atom stereocenters. The summed E-state index contributed by atoms with van der Waals surface area (Å²) in [5.41, 5.74) is 4.94. The predicted molar refractivity (Wildman–Crippen MR) is 132 cm³/mol. The number of ether oxygens (including phenoxy) is 3. The van der Waals surface area contributed by atoms with Crippen LogP contribution < -0.4 is 5.32 Å². The van der Waals surface area contributed by atoms with E-state index in [0.29, 0.717) is 18.1 Å². The van der Waals surface area contributed by atoms with E-state index in [1.165, 1.54) is 0 Å². The lowest BCUT2D eigenvalue weighted by Gasteiger charge is -2.18. The number of hydrogen-bond acceptors (Lipinski definition) is 7. The van der Waals surface area contributed by atoms with Crippen molar-refractivity contribution in [3.05, 3.63) is 84.4 Å². The Hall–Kier alpha value is -4.08. The minimum atomic E-state index is -0.540. The van der Waals surface area contributed by atoms with Crippen LogP contribution >= 0.6 is 0 Å². The smallest absolute Gasteiger partial charge is 0.412 e. The summed E-state index contributed by atoms with van der Waals surface area (Å²) in [6.45, 7) is 2.59. The molecule has 0 spiro atoms. The predicted octanol–water partition coefficient (Wildman–Crippen LogP) is 4.27. The van der Waals surface area contributed by atoms with Crippen molar-refractivity contribution in [2.45, 2.75) is 31.3 Å². The third-order valence-corrected chi connectivity index (χ3v) is 6.60. The van der Waals surface area contributed by atoms with Crippen molar-refractivity contribution in [2.75, 3.05) is 18.5 Å². The Morgan fingerprint density at radius 3 is 2.36 bits per heavy atom. The van der Waals surface area contributed by atoms with E-state index >= 15 is 0 Å². The van der Waals surface area contributed by atoms with E-state index < -0.39 is 18.3 Å². The quantitative estimate of drug-likeness (QED) is 0.452. The summed E-state index contributed by atoms with van der Waals surface area (Å²) in [6, 6.07) is 25.6. The van der Waals surface area contributed by atoms with E-state index in [4.69, 9.17) is 14.2 Å². The van der Waals surface area contributed by atoms with Crippen LogP contribution in [0.5, 0.6) is 0 Å². The van der Waals surface area contributed by atoms with Crippen molar-refractivity contribution in [2.24, 2.45) is 0 Å². The molecule has 2 saturated heterocycles. The molecule has 3 heterocycles. The molecule has 1 amide bonds. The van der Waals surface area contributed by atoms with Gasteiger partial charge in [-0.2, -0.15) is 0 Å². The van der Waals surface area contributed by atoms with Crippen molar-refractivity contribution in [3.63, 3.8) is 0 Å². The average molecular weight is 484 g/mol. The number of benzene rings is 3. The minimum Gasteiger partial charge on any atom is -0.441 e. The molecule has 2 aliphatic rings. The summed E-state index contributed by atoms with van der Waals surface area (Å²) in [6.07, 6.45) is -1.78. The first-order valence-electron chi connectivity index (χ1n) is 11.9. The largest absolute Gasteiger partial charge is 0.441 e. The van der Waals surface area contributed by atoms with Gasteiger partial charge in [-0.15, -0.1) is 5.10 Å². The van der Waals surface area contributed by atoms with Gasteiger partial charge in [-0.05, 0) is 40.6 Å². The van der Waals surface area contributed by atoms with Gasteiger partial charge in [0.1, 0.15) is 18.2 Å². The number of carbonyl (C=O) groups is 1. The second-order valence-electron chi connectivity index (χ2n) is 8.99. The lowest BCUT2D eigenvalue weighted by Crippen LogP contribution is -2.35. The second-order valence-corrected chi connectivity index (χ2v) is 8.99. The fourth-order valence-electron chi connectivity index (χ4n) is 4.73. The molecule has 2 aliphatic heterocycles. The lowest BCUT2D eigenvalue weighted by atomic mass is 10.0. The van der Waals surface area contributed by atoms with Gasteiger partial charge >= 0.3 is 6.09 Å². The third kappa shape index (κ3) is 4.34. The van der Waals surface area contributed by atoms with Crippen LogP contribution in [0.3, 0.4) is 0 Å². The summed E-state index contributed by atoms with van der Waals surface area (Å²) in [5.74, 6) is 0.633. The Morgan fingerprint density at radius 2 is 1.58 bits per heavy atom. The van der Waals surface area contributed by atoms with Crippen LogP contribution in [0.1, 0.15) is 11.6 Å². The molecule has 6 rings (SSSR count). The average Bonchev–Trinajstić information content (AvgIpc) is 3.64. The van der Waals surface area contributed by atoms with Crippen molar-refractivity contribution in [3.8, 4) is 22.5 Å². The maximum absolute atomic E-state index is 12.4. The standard InChI is InChI=1S/C27H25N5O4/c1-17-7-13-21(14-8-17)28-27(33)36-23-16-35-24-22(15-34-25(23)24)32-26(29-30-31-32)20-11-9-19(10-12-20)18-5-3-2-4-6-18/h2-14,22-25H,15-16H2,1H3,(H,28,33)/t22-,23-,24-,25+/m0/s1. The molecule has 0 aliphatic carbocycles. The Labute approximate surface area is 208 Å². The van der Waals surface area contributed by atoms with Gasteiger partial charge in [0.25, 0.3) is 0 Å². The molecule has 1 aromatic heterocycles. The second kappa shape index (κ2) is 9.52. The summed E-state index contributed by atoms with van der Waals surface area (Å²) in [4.78, 5) is 12.4. The SMILES string of the molecule is Cc1ccc(NC(=O)O[C@H]2CO[C@@H]3[C@@H]2OC[C@@H]3n2nnnc2-c2ccc(-c3ccccc3)cc2)cc1. The van der Waals surface area contributed by atoms with Crippen LogP contribution in [-0.2, 0) is 14.2 Å². The van der Waals surface area contributed by atoms with Gasteiger partial charge in [0.2, 0.25) is 0 Å². The number of amides is 1. The Bertz CT molecular complexity index is 1340. The molecule has 2 fully saturated rings. The van der Waals surface area contributed by atoms with E-state index in [2.05, 4.69) is 45.1 Å². The topological polar surface area (TPSA) is 100 Å². The van der Waals surface area contributed by atoms with Crippen LogP contribution in [0.15, 0.2) is 78.9 Å². The van der Waals surface area contributed by atoms with Crippen molar-refractivity contribution in [1.29, 1.82) is 0 Å². The van der Waals surface area contributed by atoms with Crippen LogP contribution in [0.25, 0.3) is 22.5 Å². The first-order valence-corrected chi connectivity index (χ1v) is 11.9. The number of rotatable bonds is 5. The molecule has 4 atom stereocenters. The molecule has 9 nitrogen and oxygen atoms in total. The molecule has 182 valence electrons. The van der Waals surface area contributed by atoms with Crippen molar-refractivity contribution in [1.82, 2.24) is 20.2 Å². The zero-order valence-electron chi connectivity index (χ0n) is 19.7. The van der Waals surface area contributed by atoms with Crippen molar-refractivity contribution >= 4 is 11.8 Å². The molecule has 0 radical (unpaired) electrons. The number of fused-ring (bicyclic) bond motifs is 1. The summed E-state index contributed by atoms with van der Waals surface area (Å²) >= 11 is 0. The normalized spacial score (nSPS) is 22.8. The van der Waals surface area contributed by atoms with Gasteiger partial charge in [0.05, 0.1) is 13.2 Å². The first kappa shape index (κ1) is 22.4. The number of aryl methyl sites for hydroxylation is 1. The highest BCUT2D eigenvalue weighted by Gasteiger charge is 2.51. The van der Waals surface area contributed by atoms with E-state index in [0.717, 1.165) is 22.3 Å². The van der Waals surface area contributed by atoms with Crippen LogP contribution in [-0.4, -0.2) is 57.8 Å².